The highest BCUT2D eigenvalue weighted by Crippen LogP contribution is 2.15. The maximum atomic E-state index is 11.7. The van der Waals surface area contributed by atoms with Gasteiger partial charge in [-0.2, -0.15) is 0 Å². The Morgan fingerprint density at radius 1 is 1.33 bits per heavy atom. The van der Waals surface area contributed by atoms with Gasteiger partial charge in [-0.25, -0.2) is 0 Å². The van der Waals surface area contributed by atoms with Crippen molar-refractivity contribution in [3.63, 3.8) is 0 Å². The van der Waals surface area contributed by atoms with Gasteiger partial charge in [0.25, 0.3) is 0 Å². The smallest absolute Gasteiger partial charge is 0.222 e. The largest absolute Gasteiger partial charge is 0.381 e. The molecule has 0 saturated carbocycles. The monoisotopic (exact) mass is 486 g/mol. The molecule has 27 heavy (non-hydrogen) atoms. The highest BCUT2D eigenvalue weighted by atomic mass is 127. The molecule has 1 atom stereocenters. The van der Waals surface area contributed by atoms with Crippen LogP contribution in [0.4, 0.5) is 0 Å². The second kappa shape index (κ2) is 10.8. The fraction of sp³-hybridized carbons (Fsp3) is 0.600. The first kappa shape index (κ1) is 21.9. The Balaban J connectivity index is 0.00000261. The Hall–Kier alpha value is -1.35. The van der Waals surface area contributed by atoms with E-state index in [1.807, 2.05) is 11.9 Å². The number of halogens is 1. The molecule has 6 nitrogen and oxygen atoms in total. The first-order valence-corrected chi connectivity index (χ1v) is 9.51. The summed E-state index contributed by atoms with van der Waals surface area (Å²) in [5.41, 5.74) is 2.40. The Morgan fingerprint density at radius 2 is 2.07 bits per heavy atom. The SMILES string of the molecule is CN=C(NCc1ccc(CN2CCCC2=O)cc1)N(C)CC1CCOC1.I. The Labute approximate surface area is 179 Å². The normalized spacial score (nSPS) is 19.9. The summed E-state index contributed by atoms with van der Waals surface area (Å²) in [6.45, 7) is 5.03. The van der Waals surface area contributed by atoms with Crippen LogP contribution >= 0.6 is 24.0 Å². The van der Waals surface area contributed by atoms with Gasteiger partial charge in [0, 0.05) is 59.2 Å². The minimum absolute atomic E-state index is 0. The molecule has 1 N–H and O–H groups in total. The van der Waals surface area contributed by atoms with Gasteiger partial charge in [0.05, 0.1) is 6.61 Å². The lowest BCUT2D eigenvalue weighted by atomic mass is 10.1. The minimum Gasteiger partial charge on any atom is -0.381 e. The summed E-state index contributed by atoms with van der Waals surface area (Å²) in [6, 6.07) is 8.48. The zero-order valence-electron chi connectivity index (χ0n) is 16.3. The summed E-state index contributed by atoms with van der Waals surface area (Å²) in [5.74, 6) is 1.77. The fourth-order valence-corrected chi connectivity index (χ4v) is 3.62. The number of carbonyl (C=O) groups is 1. The minimum atomic E-state index is 0. The van der Waals surface area contributed by atoms with Gasteiger partial charge in [0.1, 0.15) is 0 Å². The predicted molar refractivity (Wildman–Crippen MR) is 118 cm³/mol. The van der Waals surface area contributed by atoms with Crippen LogP contribution in [0.3, 0.4) is 0 Å². The Bertz CT molecular complexity index is 629. The van der Waals surface area contributed by atoms with Gasteiger partial charge in [-0.3, -0.25) is 9.79 Å². The van der Waals surface area contributed by atoms with Gasteiger partial charge in [-0.05, 0) is 24.0 Å². The van der Waals surface area contributed by atoms with Crippen molar-refractivity contribution in [2.24, 2.45) is 10.9 Å². The molecule has 0 radical (unpaired) electrons. The first-order valence-electron chi connectivity index (χ1n) is 9.51. The molecule has 1 amide bonds. The van der Waals surface area contributed by atoms with Crippen LogP contribution < -0.4 is 5.32 Å². The third kappa shape index (κ3) is 6.34. The highest BCUT2D eigenvalue weighted by Gasteiger charge is 2.20. The molecule has 2 fully saturated rings. The summed E-state index contributed by atoms with van der Waals surface area (Å²) in [4.78, 5) is 20.2. The Morgan fingerprint density at radius 3 is 2.67 bits per heavy atom. The summed E-state index contributed by atoms with van der Waals surface area (Å²) >= 11 is 0. The lowest BCUT2D eigenvalue weighted by Crippen LogP contribution is -2.41. The van der Waals surface area contributed by atoms with Crippen molar-refractivity contribution in [2.45, 2.75) is 32.4 Å². The molecular formula is C20H31IN4O2. The van der Waals surface area contributed by atoms with Crippen LogP contribution in [-0.4, -0.2) is 62.1 Å². The summed E-state index contributed by atoms with van der Waals surface area (Å²) in [7, 11) is 3.89. The van der Waals surface area contributed by atoms with Gasteiger partial charge in [-0.1, -0.05) is 24.3 Å². The van der Waals surface area contributed by atoms with E-state index < -0.39 is 0 Å². The van der Waals surface area contributed by atoms with E-state index in [0.717, 1.165) is 58.2 Å². The van der Waals surface area contributed by atoms with Gasteiger partial charge in [0.15, 0.2) is 5.96 Å². The van der Waals surface area contributed by atoms with Crippen LogP contribution in [0.25, 0.3) is 0 Å². The van der Waals surface area contributed by atoms with Crippen molar-refractivity contribution < 1.29 is 9.53 Å². The van der Waals surface area contributed by atoms with Crippen LogP contribution in [0.5, 0.6) is 0 Å². The number of ether oxygens (including phenoxy) is 1. The maximum Gasteiger partial charge on any atom is 0.222 e. The number of carbonyl (C=O) groups excluding carboxylic acids is 1. The summed E-state index contributed by atoms with van der Waals surface area (Å²) < 4.78 is 5.45. The van der Waals surface area contributed by atoms with Crippen LogP contribution in [0, 0.1) is 5.92 Å². The molecular weight excluding hydrogens is 455 g/mol. The van der Waals surface area contributed by atoms with Gasteiger partial charge in [0.2, 0.25) is 5.91 Å². The molecule has 0 bridgehead atoms. The molecule has 7 heteroatoms. The molecule has 1 unspecified atom stereocenters. The third-order valence-electron chi connectivity index (χ3n) is 5.15. The molecule has 150 valence electrons. The molecule has 2 aliphatic rings. The molecule has 0 aromatic heterocycles. The van der Waals surface area contributed by atoms with E-state index in [1.54, 1.807) is 0 Å². The van der Waals surface area contributed by atoms with Crippen LogP contribution in [-0.2, 0) is 22.6 Å². The van der Waals surface area contributed by atoms with Crippen molar-refractivity contribution in [1.29, 1.82) is 0 Å². The van der Waals surface area contributed by atoms with Crippen molar-refractivity contribution in [3.8, 4) is 0 Å². The molecule has 1 aromatic rings. The van der Waals surface area contributed by atoms with Crippen molar-refractivity contribution in [3.05, 3.63) is 35.4 Å². The van der Waals surface area contributed by atoms with Gasteiger partial charge in [-0.15, -0.1) is 24.0 Å². The fourth-order valence-electron chi connectivity index (χ4n) is 3.62. The van der Waals surface area contributed by atoms with Crippen molar-refractivity contribution in [1.82, 2.24) is 15.1 Å². The van der Waals surface area contributed by atoms with E-state index in [0.29, 0.717) is 12.3 Å². The number of rotatable bonds is 6. The lowest BCUT2D eigenvalue weighted by Gasteiger charge is -2.24. The van der Waals surface area contributed by atoms with E-state index in [9.17, 15) is 4.79 Å². The predicted octanol–water partition coefficient (Wildman–Crippen LogP) is 2.47. The molecule has 3 rings (SSSR count). The summed E-state index contributed by atoms with van der Waals surface area (Å²) in [5, 5.41) is 3.43. The highest BCUT2D eigenvalue weighted by molar-refractivity contribution is 14.0. The standard InChI is InChI=1S/C20H30N4O2.HI/c1-21-20(23(2)13-18-9-11-26-15-18)22-12-16-5-7-17(8-6-16)14-24-10-3-4-19(24)25;/h5-8,18H,3-4,9-15H2,1-2H3,(H,21,22);1H. The number of benzene rings is 1. The summed E-state index contributed by atoms with van der Waals surface area (Å²) in [6.07, 6.45) is 2.81. The average molecular weight is 486 g/mol. The Kier molecular flexibility index (Phi) is 8.82. The average Bonchev–Trinajstić information content (AvgIpc) is 3.29. The quantitative estimate of drug-likeness (QED) is 0.382. The van der Waals surface area contributed by atoms with Crippen LogP contribution in [0.2, 0.25) is 0 Å². The van der Waals surface area contributed by atoms with Gasteiger partial charge < -0.3 is 19.9 Å². The van der Waals surface area contributed by atoms with E-state index in [-0.39, 0.29) is 29.9 Å². The first-order chi connectivity index (χ1) is 12.7. The number of amides is 1. The zero-order chi connectivity index (χ0) is 18.4. The third-order valence-corrected chi connectivity index (χ3v) is 5.15. The van der Waals surface area contributed by atoms with E-state index >= 15 is 0 Å². The number of aliphatic imine (C=N–C) groups is 1. The molecule has 2 heterocycles. The molecule has 2 aliphatic heterocycles. The topological polar surface area (TPSA) is 57.2 Å². The van der Waals surface area contributed by atoms with Crippen LogP contribution in [0.1, 0.15) is 30.4 Å². The van der Waals surface area contributed by atoms with Crippen molar-refractivity contribution >= 4 is 35.8 Å². The van der Waals surface area contributed by atoms with E-state index in [2.05, 4.69) is 46.5 Å². The second-order valence-electron chi connectivity index (χ2n) is 7.25. The lowest BCUT2D eigenvalue weighted by molar-refractivity contribution is -0.128. The second-order valence-corrected chi connectivity index (χ2v) is 7.25. The zero-order valence-corrected chi connectivity index (χ0v) is 18.6. The molecule has 0 aliphatic carbocycles. The molecule has 0 spiro atoms. The van der Waals surface area contributed by atoms with Gasteiger partial charge >= 0.3 is 0 Å². The number of nitrogens with zero attached hydrogens (tertiary/aromatic N) is 3. The molecule has 2 saturated heterocycles. The number of hydrogen-bond acceptors (Lipinski definition) is 3. The number of likely N-dealkylation sites (tertiary alicyclic amines) is 1. The number of nitrogens with one attached hydrogen (secondary N) is 1. The van der Waals surface area contributed by atoms with Crippen molar-refractivity contribution in [2.75, 3.05) is 40.4 Å². The molecule has 1 aromatic carbocycles. The number of hydrogen-bond donors (Lipinski definition) is 1. The van der Waals surface area contributed by atoms with E-state index in [4.69, 9.17) is 4.74 Å². The maximum absolute atomic E-state index is 11.7. The van der Waals surface area contributed by atoms with Crippen LogP contribution in [0.15, 0.2) is 29.3 Å². The number of guanidine groups is 1. The van der Waals surface area contributed by atoms with E-state index in [1.165, 1.54) is 11.1 Å².